The van der Waals surface area contributed by atoms with Gasteiger partial charge in [-0.15, -0.1) is 0 Å². The monoisotopic (exact) mass is 456 g/mol. The maximum absolute atomic E-state index is 6.09. The Balaban J connectivity index is 3.59. The highest BCUT2D eigenvalue weighted by Gasteiger charge is 2.12. The number of hydrogen-bond donors (Lipinski definition) is 0. The molecule has 0 aliphatic rings. The quantitative estimate of drug-likeness (QED) is 0.0958. The Kier molecular flexibility index (Phi) is 25.4. The highest BCUT2D eigenvalue weighted by Crippen LogP contribution is 2.17. The lowest BCUT2D eigenvalue weighted by Crippen LogP contribution is -2.22. The molecule has 0 aromatic carbocycles. The lowest BCUT2D eigenvalue weighted by atomic mass is 9.98. The highest BCUT2D eigenvalue weighted by atomic mass is 16.7. The molecule has 0 aromatic rings. The van der Waals surface area contributed by atoms with Crippen LogP contribution in [-0.4, -0.2) is 32.7 Å². The van der Waals surface area contributed by atoms with Crippen LogP contribution >= 0.6 is 0 Å². The van der Waals surface area contributed by atoms with E-state index in [1.165, 1.54) is 103 Å². The van der Waals surface area contributed by atoms with Crippen LogP contribution in [0.25, 0.3) is 0 Å². The van der Waals surface area contributed by atoms with E-state index >= 15 is 0 Å². The minimum absolute atomic E-state index is 0.0771. The van der Waals surface area contributed by atoms with Crippen molar-refractivity contribution in [1.82, 2.24) is 0 Å². The van der Waals surface area contributed by atoms with Crippen molar-refractivity contribution >= 4 is 0 Å². The van der Waals surface area contributed by atoms with Crippen LogP contribution in [0.2, 0.25) is 0 Å². The number of ether oxygens (including phenoxy) is 3. The van der Waals surface area contributed by atoms with Gasteiger partial charge in [0.2, 0.25) is 0 Å². The van der Waals surface area contributed by atoms with E-state index in [-0.39, 0.29) is 6.29 Å². The minimum atomic E-state index is -0.0771. The van der Waals surface area contributed by atoms with Crippen LogP contribution in [0.4, 0.5) is 0 Å². The van der Waals surface area contributed by atoms with Gasteiger partial charge in [0.05, 0.1) is 19.8 Å². The molecule has 0 aromatic heterocycles. The van der Waals surface area contributed by atoms with Crippen molar-refractivity contribution in [3.05, 3.63) is 0 Å². The summed E-state index contributed by atoms with van der Waals surface area (Å²) in [5.41, 5.74) is 0. The van der Waals surface area contributed by atoms with E-state index in [0.717, 1.165) is 25.6 Å². The van der Waals surface area contributed by atoms with Crippen LogP contribution in [0, 0.1) is 11.8 Å². The van der Waals surface area contributed by atoms with Crippen LogP contribution in [0.5, 0.6) is 0 Å². The van der Waals surface area contributed by atoms with Gasteiger partial charge in [-0.25, -0.2) is 0 Å². The summed E-state index contributed by atoms with van der Waals surface area (Å²) in [5, 5.41) is 0. The largest absolute Gasteiger partial charge is 0.379 e. The van der Waals surface area contributed by atoms with Crippen LogP contribution < -0.4 is 0 Å². The summed E-state index contributed by atoms with van der Waals surface area (Å²) < 4.78 is 17.8. The van der Waals surface area contributed by atoms with Gasteiger partial charge in [0, 0.05) is 6.61 Å². The first-order chi connectivity index (χ1) is 15.7. The van der Waals surface area contributed by atoms with E-state index in [9.17, 15) is 0 Å². The summed E-state index contributed by atoms with van der Waals surface area (Å²) in [6, 6.07) is 0. The molecule has 0 saturated carbocycles. The first kappa shape index (κ1) is 31.9. The van der Waals surface area contributed by atoms with Gasteiger partial charge in [-0.05, 0) is 31.1 Å². The molecule has 3 nitrogen and oxygen atoms in total. The fourth-order valence-electron chi connectivity index (χ4n) is 4.09. The summed E-state index contributed by atoms with van der Waals surface area (Å²) in [6.07, 6.45) is 22.3. The molecule has 194 valence electrons. The maximum Gasteiger partial charge on any atom is 0.157 e. The Bertz CT molecular complexity index is 347. The summed E-state index contributed by atoms with van der Waals surface area (Å²) in [4.78, 5) is 0. The summed E-state index contributed by atoms with van der Waals surface area (Å²) >= 11 is 0. The van der Waals surface area contributed by atoms with Gasteiger partial charge in [0.25, 0.3) is 0 Å². The predicted molar refractivity (Wildman–Crippen MR) is 140 cm³/mol. The third kappa shape index (κ3) is 21.7. The third-order valence-electron chi connectivity index (χ3n) is 6.86. The van der Waals surface area contributed by atoms with E-state index in [1.807, 2.05) is 0 Å². The lowest BCUT2D eigenvalue weighted by Gasteiger charge is -2.21. The molecule has 32 heavy (non-hydrogen) atoms. The van der Waals surface area contributed by atoms with Crippen molar-refractivity contribution in [1.29, 1.82) is 0 Å². The molecule has 0 aliphatic carbocycles. The number of rotatable bonds is 26. The third-order valence-corrected chi connectivity index (χ3v) is 6.86. The predicted octanol–water partition coefficient (Wildman–Crippen LogP) is 9.33. The normalized spacial score (nSPS) is 14.5. The Morgan fingerprint density at radius 3 is 1.78 bits per heavy atom. The van der Waals surface area contributed by atoms with Gasteiger partial charge < -0.3 is 14.2 Å². The van der Waals surface area contributed by atoms with E-state index in [0.29, 0.717) is 19.1 Å². The molecule has 0 N–H and O–H groups in total. The van der Waals surface area contributed by atoms with E-state index in [4.69, 9.17) is 14.2 Å². The van der Waals surface area contributed by atoms with Crippen molar-refractivity contribution in [3.63, 3.8) is 0 Å². The highest BCUT2D eigenvalue weighted by molar-refractivity contribution is 4.58. The zero-order valence-electron chi connectivity index (χ0n) is 22.8. The molecule has 3 heteroatoms. The number of unbranched alkanes of at least 4 members (excludes halogenated alkanes) is 10. The van der Waals surface area contributed by atoms with Crippen LogP contribution in [-0.2, 0) is 14.2 Å². The van der Waals surface area contributed by atoms with Gasteiger partial charge in [0.1, 0.15) is 0 Å². The van der Waals surface area contributed by atoms with Crippen molar-refractivity contribution in [2.75, 3.05) is 26.4 Å². The Hall–Kier alpha value is -0.120. The lowest BCUT2D eigenvalue weighted by molar-refractivity contribution is -0.159. The zero-order valence-corrected chi connectivity index (χ0v) is 22.8. The average molecular weight is 457 g/mol. The fourth-order valence-corrected chi connectivity index (χ4v) is 4.09. The van der Waals surface area contributed by atoms with Crippen LogP contribution in [0.3, 0.4) is 0 Å². The molecule has 0 amide bonds. The topological polar surface area (TPSA) is 27.7 Å². The van der Waals surface area contributed by atoms with Gasteiger partial charge in [-0.3, -0.25) is 0 Å². The molecule has 0 heterocycles. The second-order valence-corrected chi connectivity index (χ2v) is 9.91. The maximum atomic E-state index is 6.09. The van der Waals surface area contributed by atoms with Gasteiger partial charge >= 0.3 is 0 Å². The van der Waals surface area contributed by atoms with Gasteiger partial charge in [-0.2, -0.15) is 0 Å². The minimum Gasteiger partial charge on any atom is -0.379 e. The second-order valence-electron chi connectivity index (χ2n) is 9.91. The SMILES string of the molecule is CCCCCCCCCCC(CC)COC(CC)OCCOCCCCCCC(C)CC. The molecule has 3 atom stereocenters. The first-order valence-electron chi connectivity index (χ1n) is 14.5. The van der Waals surface area contributed by atoms with Crippen molar-refractivity contribution in [2.24, 2.45) is 11.8 Å². The molecule has 0 saturated heterocycles. The molecule has 0 rings (SSSR count). The molecule has 3 unspecified atom stereocenters. The smallest absolute Gasteiger partial charge is 0.157 e. The Morgan fingerprint density at radius 2 is 1.16 bits per heavy atom. The summed E-state index contributed by atoms with van der Waals surface area (Å²) in [5.74, 6) is 1.55. The second kappa shape index (κ2) is 25.5. The van der Waals surface area contributed by atoms with E-state index < -0.39 is 0 Å². The molecule has 0 radical (unpaired) electrons. The van der Waals surface area contributed by atoms with E-state index in [2.05, 4.69) is 34.6 Å². The first-order valence-corrected chi connectivity index (χ1v) is 14.5. The molecular weight excluding hydrogens is 396 g/mol. The molecule has 0 aliphatic heterocycles. The van der Waals surface area contributed by atoms with Gasteiger partial charge in [-0.1, -0.05) is 125 Å². The number of hydrogen-bond acceptors (Lipinski definition) is 3. The molecule has 0 spiro atoms. The fraction of sp³-hybridized carbons (Fsp3) is 1.00. The van der Waals surface area contributed by atoms with E-state index in [1.54, 1.807) is 0 Å². The molecule has 0 fully saturated rings. The van der Waals surface area contributed by atoms with Crippen LogP contribution in [0.1, 0.15) is 144 Å². The van der Waals surface area contributed by atoms with Crippen molar-refractivity contribution in [3.8, 4) is 0 Å². The molecule has 0 bridgehead atoms. The van der Waals surface area contributed by atoms with Crippen molar-refractivity contribution < 1.29 is 14.2 Å². The molecular formula is C29H60O3. The van der Waals surface area contributed by atoms with Gasteiger partial charge in [0.15, 0.2) is 6.29 Å². The standard InChI is InChI=1S/C29H60O3/c1-6-10-11-12-13-14-15-19-22-28(8-3)26-32-29(9-4)31-25-24-30-23-20-17-16-18-21-27(5)7-2/h27-29H,6-26H2,1-5H3. The Morgan fingerprint density at radius 1 is 0.531 bits per heavy atom. The average Bonchev–Trinajstić information content (AvgIpc) is 2.81. The van der Waals surface area contributed by atoms with Crippen LogP contribution in [0.15, 0.2) is 0 Å². The Labute approximate surface area is 202 Å². The van der Waals surface area contributed by atoms with Crippen molar-refractivity contribution in [2.45, 2.75) is 150 Å². The zero-order chi connectivity index (χ0) is 23.7. The summed E-state index contributed by atoms with van der Waals surface area (Å²) in [7, 11) is 0. The summed E-state index contributed by atoms with van der Waals surface area (Å²) in [6.45, 7) is 14.4.